The molecule has 2 rings (SSSR count). The van der Waals surface area contributed by atoms with Gasteiger partial charge >= 0.3 is 0 Å². The summed E-state index contributed by atoms with van der Waals surface area (Å²) in [6, 6.07) is 15.3. The second-order valence-corrected chi connectivity index (χ2v) is 5.23. The molecule has 0 aromatic heterocycles. The normalized spacial score (nSPS) is 11.3. The predicted octanol–water partition coefficient (Wildman–Crippen LogP) is 3.93. The Balaban J connectivity index is 2.05. The van der Waals surface area contributed by atoms with Gasteiger partial charge in [0.25, 0.3) is 0 Å². The van der Waals surface area contributed by atoms with Crippen LogP contribution < -0.4 is 4.74 Å². The van der Waals surface area contributed by atoms with Crippen molar-refractivity contribution in [2.45, 2.75) is 13.0 Å². The molecule has 3 heteroatoms. The van der Waals surface area contributed by atoms with Gasteiger partial charge in [0, 0.05) is 15.6 Å². The van der Waals surface area contributed by atoms with Gasteiger partial charge in [-0.1, -0.05) is 52.0 Å². The molecule has 1 N–H and O–H groups in total. The average Bonchev–Trinajstić information content (AvgIpc) is 2.44. The second kappa shape index (κ2) is 7.14. The van der Waals surface area contributed by atoms with Crippen molar-refractivity contribution in [3.8, 4) is 17.6 Å². The van der Waals surface area contributed by atoms with E-state index in [1.54, 1.807) is 6.92 Å². The van der Waals surface area contributed by atoms with E-state index in [4.69, 9.17) is 4.74 Å². The van der Waals surface area contributed by atoms with E-state index < -0.39 is 6.10 Å². The molecule has 1 unspecified atom stereocenters. The molecule has 0 fully saturated rings. The van der Waals surface area contributed by atoms with Gasteiger partial charge in [-0.25, -0.2) is 0 Å². The van der Waals surface area contributed by atoms with Crippen LogP contribution in [0.25, 0.3) is 0 Å². The molecule has 102 valence electrons. The summed E-state index contributed by atoms with van der Waals surface area (Å²) >= 11 is 3.39. The van der Waals surface area contributed by atoms with Gasteiger partial charge in [-0.2, -0.15) is 0 Å². The molecule has 0 aliphatic heterocycles. The number of hydrogen-bond donors (Lipinski definition) is 1. The van der Waals surface area contributed by atoms with Crippen LogP contribution in [0.5, 0.6) is 5.75 Å². The van der Waals surface area contributed by atoms with E-state index in [1.807, 2.05) is 48.5 Å². The minimum absolute atomic E-state index is 0.283. The molecule has 0 spiro atoms. The first kappa shape index (κ1) is 14.6. The summed E-state index contributed by atoms with van der Waals surface area (Å²) in [4.78, 5) is 0. The summed E-state index contributed by atoms with van der Waals surface area (Å²) in [6.07, 6.45) is -0.569. The van der Waals surface area contributed by atoms with Crippen LogP contribution in [0.2, 0.25) is 0 Å². The highest BCUT2D eigenvalue weighted by Gasteiger charge is 2.09. The summed E-state index contributed by atoms with van der Waals surface area (Å²) in [6.45, 7) is 2.00. The van der Waals surface area contributed by atoms with Crippen molar-refractivity contribution in [3.05, 3.63) is 64.1 Å². The Labute approximate surface area is 127 Å². The maximum atomic E-state index is 9.70. The first-order valence-corrected chi connectivity index (χ1v) is 7.10. The number of rotatable bonds is 3. The fourth-order valence-electron chi connectivity index (χ4n) is 1.75. The lowest BCUT2D eigenvalue weighted by Gasteiger charge is -2.12. The van der Waals surface area contributed by atoms with Crippen molar-refractivity contribution in [2.24, 2.45) is 0 Å². The molecule has 2 nitrogen and oxygen atoms in total. The summed E-state index contributed by atoms with van der Waals surface area (Å²) in [5.74, 6) is 6.65. The third-order valence-corrected chi connectivity index (χ3v) is 3.23. The van der Waals surface area contributed by atoms with Crippen molar-refractivity contribution in [2.75, 3.05) is 6.61 Å². The molecular weight excluding hydrogens is 316 g/mol. The minimum Gasteiger partial charge on any atom is -0.481 e. The van der Waals surface area contributed by atoms with E-state index in [2.05, 4.69) is 27.8 Å². The highest BCUT2D eigenvalue weighted by Crippen LogP contribution is 2.28. The van der Waals surface area contributed by atoms with E-state index in [0.29, 0.717) is 5.75 Å². The third kappa shape index (κ3) is 4.12. The van der Waals surface area contributed by atoms with Crippen LogP contribution in [-0.4, -0.2) is 11.7 Å². The van der Waals surface area contributed by atoms with Crippen molar-refractivity contribution >= 4 is 15.9 Å². The molecule has 0 aliphatic rings. The van der Waals surface area contributed by atoms with Crippen LogP contribution in [-0.2, 0) is 0 Å². The monoisotopic (exact) mass is 330 g/mol. The summed E-state index contributed by atoms with van der Waals surface area (Å²) in [5, 5.41) is 9.70. The highest BCUT2D eigenvalue weighted by molar-refractivity contribution is 9.10. The largest absolute Gasteiger partial charge is 0.481 e. The number of aliphatic hydroxyl groups is 1. The minimum atomic E-state index is -0.569. The summed E-state index contributed by atoms with van der Waals surface area (Å²) in [5.41, 5.74) is 1.72. The SMILES string of the molecule is CC(O)c1ccc(Br)cc1OCC#Cc1ccccc1. The van der Waals surface area contributed by atoms with E-state index in [0.717, 1.165) is 15.6 Å². The van der Waals surface area contributed by atoms with Crippen LogP contribution in [0.1, 0.15) is 24.2 Å². The van der Waals surface area contributed by atoms with Crippen LogP contribution in [0, 0.1) is 11.8 Å². The highest BCUT2D eigenvalue weighted by atomic mass is 79.9. The first-order chi connectivity index (χ1) is 9.66. The number of benzene rings is 2. The molecule has 2 aromatic rings. The maximum absolute atomic E-state index is 9.70. The summed E-state index contributed by atoms with van der Waals surface area (Å²) in [7, 11) is 0. The Morgan fingerprint density at radius 1 is 1.20 bits per heavy atom. The van der Waals surface area contributed by atoms with E-state index in [1.165, 1.54) is 0 Å². The molecule has 0 aliphatic carbocycles. The molecule has 0 amide bonds. The molecule has 0 radical (unpaired) electrons. The topological polar surface area (TPSA) is 29.5 Å². The van der Waals surface area contributed by atoms with E-state index >= 15 is 0 Å². The van der Waals surface area contributed by atoms with Crippen LogP contribution >= 0.6 is 15.9 Å². The number of hydrogen-bond acceptors (Lipinski definition) is 2. The lowest BCUT2D eigenvalue weighted by molar-refractivity contribution is 0.193. The quantitative estimate of drug-likeness (QED) is 0.864. The van der Waals surface area contributed by atoms with E-state index in [-0.39, 0.29) is 6.61 Å². The van der Waals surface area contributed by atoms with Crippen molar-refractivity contribution in [3.63, 3.8) is 0 Å². The maximum Gasteiger partial charge on any atom is 0.149 e. The Morgan fingerprint density at radius 2 is 1.95 bits per heavy atom. The average molecular weight is 331 g/mol. The fourth-order valence-corrected chi connectivity index (χ4v) is 2.09. The zero-order valence-electron chi connectivity index (χ0n) is 11.1. The zero-order valence-corrected chi connectivity index (χ0v) is 12.7. The van der Waals surface area contributed by atoms with Gasteiger partial charge < -0.3 is 9.84 Å². The Bertz CT molecular complexity index is 624. The molecule has 1 atom stereocenters. The number of halogens is 1. The van der Waals surface area contributed by atoms with Gasteiger partial charge in [0.15, 0.2) is 0 Å². The number of aliphatic hydroxyl groups excluding tert-OH is 1. The molecule has 0 bridgehead atoms. The Morgan fingerprint density at radius 3 is 2.65 bits per heavy atom. The predicted molar refractivity (Wildman–Crippen MR) is 83.6 cm³/mol. The molecule has 2 aromatic carbocycles. The number of ether oxygens (including phenoxy) is 1. The lowest BCUT2D eigenvalue weighted by atomic mass is 10.1. The second-order valence-electron chi connectivity index (χ2n) is 4.31. The van der Waals surface area contributed by atoms with Gasteiger partial charge in [-0.05, 0) is 31.2 Å². The van der Waals surface area contributed by atoms with Crippen molar-refractivity contribution < 1.29 is 9.84 Å². The molecule has 0 saturated carbocycles. The third-order valence-electron chi connectivity index (χ3n) is 2.73. The molecule has 20 heavy (non-hydrogen) atoms. The van der Waals surface area contributed by atoms with E-state index in [9.17, 15) is 5.11 Å². The first-order valence-electron chi connectivity index (χ1n) is 6.31. The smallest absolute Gasteiger partial charge is 0.149 e. The Kier molecular flexibility index (Phi) is 5.23. The standard InChI is InChI=1S/C17H15BrO2/c1-13(19)16-10-9-15(18)12-17(16)20-11-5-8-14-6-3-2-4-7-14/h2-4,6-7,9-10,12-13,19H,11H2,1H3. The van der Waals surface area contributed by atoms with Crippen LogP contribution in [0.4, 0.5) is 0 Å². The van der Waals surface area contributed by atoms with Crippen LogP contribution in [0.3, 0.4) is 0 Å². The zero-order chi connectivity index (χ0) is 14.4. The van der Waals surface area contributed by atoms with Crippen molar-refractivity contribution in [1.29, 1.82) is 0 Å². The fraction of sp³-hybridized carbons (Fsp3) is 0.176. The van der Waals surface area contributed by atoms with Crippen LogP contribution in [0.15, 0.2) is 53.0 Å². The lowest BCUT2D eigenvalue weighted by Crippen LogP contribution is -2.00. The van der Waals surface area contributed by atoms with Gasteiger partial charge in [0.1, 0.15) is 12.4 Å². The van der Waals surface area contributed by atoms with Gasteiger partial charge in [-0.15, -0.1) is 0 Å². The van der Waals surface area contributed by atoms with Gasteiger partial charge in [-0.3, -0.25) is 0 Å². The molecule has 0 heterocycles. The van der Waals surface area contributed by atoms with Gasteiger partial charge in [0.2, 0.25) is 0 Å². The van der Waals surface area contributed by atoms with Gasteiger partial charge in [0.05, 0.1) is 6.10 Å². The Hall–Kier alpha value is -1.76. The molecule has 0 saturated heterocycles. The summed E-state index contributed by atoms with van der Waals surface area (Å²) < 4.78 is 6.55. The molecular formula is C17H15BrO2. The van der Waals surface area contributed by atoms with Crippen molar-refractivity contribution in [1.82, 2.24) is 0 Å².